The third-order valence-corrected chi connectivity index (χ3v) is 2.91. The predicted octanol–water partition coefficient (Wildman–Crippen LogP) is 1.38. The Morgan fingerprint density at radius 2 is 2.22 bits per heavy atom. The number of pyridine rings is 1. The summed E-state index contributed by atoms with van der Waals surface area (Å²) in [4.78, 5) is 28.4. The van der Waals surface area contributed by atoms with E-state index in [4.69, 9.17) is 4.74 Å². The minimum atomic E-state index is -1.17. The molecule has 18 heavy (non-hydrogen) atoms. The van der Waals surface area contributed by atoms with Crippen LogP contribution in [0.15, 0.2) is 24.4 Å². The SMILES string of the molecule is CC1(C)OC[C@@H](C(=O)c2ccccn2)N1C(=O)O. The molecule has 2 heterocycles. The summed E-state index contributed by atoms with van der Waals surface area (Å²) in [6.07, 6.45) is 0.325. The van der Waals surface area contributed by atoms with E-state index in [1.165, 1.54) is 6.20 Å². The van der Waals surface area contributed by atoms with E-state index in [-0.39, 0.29) is 18.1 Å². The number of carbonyl (C=O) groups is 2. The number of carbonyl (C=O) groups excluding carboxylic acids is 1. The molecule has 0 saturated carbocycles. The average molecular weight is 250 g/mol. The van der Waals surface area contributed by atoms with Crippen molar-refractivity contribution in [3.63, 3.8) is 0 Å². The molecule has 6 nitrogen and oxygen atoms in total. The molecule has 1 aliphatic heterocycles. The summed E-state index contributed by atoms with van der Waals surface area (Å²) in [7, 11) is 0. The first-order valence-electron chi connectivity index (χ1n) is 5.55. The fourth-order valence-electron chi connectivity index (χ4n) is 2.04. The van der Waals surface area contributed by atoms with Gasteiger partial charge < -0.3 is 9.84 Å². The number of ether oxygens (including phenoxy) is 1. The van der Waals surface area contributed by atoms with Gasteiger partial charge in [0.1, 0.15) is 17.5 Å². The van der Waals surface area contributed by atoms with Gasteiger partial charge in [-0.3, -0.25) is 14.7 Å². The van der Waals surface area contributed by atoms with Crippen molar-refractivity contribution in [2.24, 2.45) is 0 Å². The lowest BCUT2D eigenvalue weighted by molar-refractivity contribution is -0.0414. The van der Waals surface area contributed by atoms with E-state index in [0.717, 1.165) is 4.90 Å². The van der Waals surface area contributed by atoms with Crippen molar-refractivity contribution in [2.45, 2.75) is 25.6 Å². The molecule has 1 aliphatic rings. The van der Waals surface area contributed by atoms with Crippen LogP contribution in [0.4, 0.5) is 4.79 Å². The van der Waals surface area contributed by atoms with Crippen molar-refractivity contribution in [2.75, 3.05) is 6.61 Å². The molecule has 6 heteroatoms. The fourth-order valence-corrected chi connectivity index (χ4v) is 2.04. The van der Waals surface area contributed by atoms with Gasteiger partial charge in [-0.1, -0.05) is 6.07 Å². The van der Waals surface area contributed by atoms with Gasteiger partial charge in [0.2, 0.25) is 5.78 Å². The van der Waals surface area contributed by atoms with E-state index >= 15 is 0 Å². The Morgan fingerprint density at radius 1 is 1.50 bits per heavy atom. The monoisotopic (exact) mass is 250 g/mol. The van der Waals surface area contributed by atoms with Gasteiger partial charge >= 0.3 is 6.09 Å². The molecule has 0 spiro atoms. The van der Waals surface area contributed by atoms with Crippen molar-refractivity contribution < 1.29 is 19.4 Å². The van der Waals surface area contributed by atoms with Crippen LogP contribution in [0.25, 0.3) is 0 Å². The van der Waals surface area contributed by atoms with Crippen LogP contribution in [0.1, 0.15) is 24.3 Å². The van der Waals surface area contributed by atoms with Gasteiger partial charge in [-0.25, -0.2) is 4.79 Å². The second-order valence-electron chi connectivity index (χ2n) is 4.51. The number of hydrogen-bond donors (Lipinski definition) is 1. The van der Waals surface area contributed by atoms with Crippen molar-refractivity contribution in [1.82, 2.24) is 9.88 Å². The van der Waals surface area contributed by atoms with E-state index < -0.39 is 17.9 Å². The number of ketones is 1. The normalized spacial score (nSPS) is 21.9. The zero-order valence-corrected chi connectivity index (χ0v) is 10.2. The van der Waals surface area contributed by atoms with E-state index in [0.29, 0.717) is 0 Å². The van der Waals surface area contributed by atoms with Crippen LogP contribution < -0.4 is 0 Å². The van der Waals surface area contributed by atoms with Gasteiger partial charge in [-0.05, 0) is 26.0 Å². The quantitative estimate of drug-likeness (QED) is 0.802. The average Bonchev–Trinajstić information content (AvgIpc) is 2.65. The maximum absolute atomic E-state index is 12.2. The summed E-state index contributed by atoms with van der Waals surface area (Å²) in [5, 5.41) is 9.19. The Morgan fingerprint density at radius 3 is 2.78 bits per heavy atom. The van der Waals surface area contributed by atoms with E-state index in [2.05, 4.69) is 4.98 Å². The minimum absolute atomic E-state index is 0.0503. The summed E-state index contributed by atoms with van der Waals surface area (Å²) in [5.74, 6) is -0.344. The molecule has 0 radical (unpaired) electrons. The van der Waals surface area contributed by atoms with Crippen LogP contribution >= 0.6 is 0 Å². The highest BCUT2D eigenvalue weighted by Crippen LogP contribution is 2.28. The van der Waals surface area contributed by atoms with Crippen LogP contribution in [-0.2, 0) is 4.74 Å². The predicted molar refractivity (Wildman–Crippen MR) is 62.3 cm³/mol. The fraction of sp³-hybridized carbons (Fsp3) is 0.417. The lowest BCUT2D eigenvalue weighted by Gasteiger charge is -2.30. The van der Waals surface area contributed by atoms with Crippen LogP contribution in [-0.4, -0.2) is 45.2 Å². The van der Waals surface area contributed by atoms with Crippen LogP contribution in [0.2, 0.25) is 0 Å². The Labute approximate surface area is 104 Å². The first-order chi connectivity index (χ1) is 8.43. The number of amides is 1. The van der Waals surface area contributed by atoms with Crippen molar-refractivity contribution in [3.05, 3.63) is 30.1 Å². The molecule has 96 valence electrons. The van der Waals surface area contributed by atoms with Gasteiger partial charge in [0.05, 0.1) is 6.61 Å². The number of nitrogens with zero attached hydrogens (tertiary/aromatic N) is 2. The molecular weight excluding hydrogens is 236 g/mol. The molecule has 1 aromatic heterocycles. The third kappa shape index (κ3) is 2.06. The second-order valence-corrected chi connectivity index (χ2v) is 4.51. The Bertz CT molecular complexity index is 472. The highest BCUT2D eigenvalue weighted by molar-refractivity contribution is 6.00. The molecule has 1 atom stereocenters. The smallest absolute Gasteiger partial charge is 0.410 e. The highest BCUT2D eigenvalue weighted by atomic mass is 16.5. The Kier molecular flexibility index (Phi) is 3.04. The molecule has 1 saturated heterocycles. The summed E-state index contributed by atoms with van der Waals surface area (Å²) >= 11 is 0. The summed E-state index contributed by atoms with van der Waals surface area (Å²) in [6, 6.07) is 4.10. The molecule has 1 N–H and O–H groups in total. The Hall–Kier alpha value is -1.95. The maximum Gasteiger partial charge on any atom is 0.410 e. The van der Waals surface area contributed by atoms with Gasteiger partial charge in [-0.15, -0.1) is 0 Å². The van der Waals surface area contributed by atoms with Crippen molar-refractivity contribution in [1.29, 1.82) is 0 Å². The number of Topliss-reactive ketones (excluding diaryl/α,β-unsaturated/α-hetero) is 1. The van der Waals surface area contributed by atoms with Gasteiger partial charge in [0.15, 0.2) is 0 Å². The molecule has 2 rings (SSSR count). The van der Waals surface area contributed by atoms with E-state index in [9.17, 15) is 14.7 Å². The highest BCUT2D eigenvalue weighted by Gasteiger charge is 2.47. The molecule has 0 aliphatic carbocycles. The molecule has 1 amide bonds. The van der Waals surface area contributed by atoms with Crippen LogP contribution in [0.5, 0.6) is 0 Å². The summed E-state index contributed by atoms with van der Waals surface area (Å²) in [5.41, 5.74) is -0.754. The van der Waals surface area contributed by atoms with Crippen molar-refractivity contribution >= 4 is 11.9 Å². The standard InChI is InChI=1S/C12H14N2O4/c1-12(2)14(11(16)17)9(7-18-12)10(15)8-5-3-4-6-13-8/h3-6,9H,7H2,1-2H3,(H,16,17)/t9-/m0/s1. The first-order valence-corrected chi connectivity index (χ1v) is 5.55. The molecule has 0 bridgehead atoms. The van der Waals surface area contributed by atoms with E-state index in [1.54, 1.807) is 32.0 Å². The van der Waals surface area contributed by atoms with Crippen LogP contribution in [0.3, 0.4) is 0 Å². The third-order valence-electron chi connectivity index (χ3n) is 2.91. The molecule has 0 aromatic carbocycles. The lowest BCUT2D eigenvalue weighted by Crippen LogP contribution is -2.50. The molecular formula is C12H14N2O4. The Balaban J connectivity index is 2.29. The number of rotatable bonds is 2. The number of aromatic nitrogens is 1. The topological polar surface area (TPSA) is 79.7 Å². The number of carboxylic acid groups (broad SMARTS) is 1. The molecule has 1 aromatic rings. The largest absolute Gasteiger partial charge is 0.465 e. The number of hydrogen-bond acceptors (Lipinski definition) is 4. The summed E-state index contributed by atoms with van der Waals surface area (Å²) in [6.45, 7) is 3.29. The van der Waals surface area contributed by atoms with Crippen LogP contribution in [0, 0.1) is 0 Å². The van der Waals surface area contributed by atoms with E-state index in [1.807, 2.05) is 0 Å². The summed E-state index contributed by atoms with van der Waals surface area (Å²) < 4.78 is 5.37. The van der Waals surface area contributed by atoms with Gasteiger partial charge in [0, 0.05) is 6.20 Å². The minimum Gasteiger partial charge on any atom is -0.465 e. The van der Waals surface area contributed by atoms with Crippen molar-refractivity contribution in [3.8, 4) is 0 Å². The molecule has 1 fully saturated rings. The van der Waals surface area contributed by atoms with Gasteiger partial charge in [-0.2, -0.15) is 0 Å². The second kappa shape index (κ2) is 4.38. The zero-order valence-electron chi connectivity index (χ0n) is 10.2. The van der Waals surface area contributed by atoms with Gasteiger partial charge in [0.25, 0.3) is 0 Å². The maximum atomic E-state index is 12.2. The lowest BCUT2D eigenvalue weighted by atomic mass is 10.1. The molecule has 0 unspecified atom stereocenters. The first kappa shape index (κ1) is 12.5. The zero-order chi connectivity index (χ0) is 13.3.